The van der Waals surface area contributed by atoms with Gasteiger partial charge in [-0.25, -0.2) is 4.79 Å². The third kappa shape index (κ3) is 2.73. The molecule has 3 fully saturated rings. The average molecular weight is 399 g/mol. The van der Waals surface area contributed by atoms with E-state index in [9.17, 15) is 9.90 Å². The minimum atomic E-state index is -0.801. The lowest BCUT2D eigenvalue weighted by molar-refractivity contribution is -0.0422. The molecular weight excluding hydrogens is 372 g/mol. The normalized spacial score (nSPS) is 31.0. The van der Waals surface area contributed by atoms with Crippen molar-refractivity contribution >= 4 is 18.5 Å². The van der Waals surface area contributed by atoms with E-state index in [0.717, 1.165) is 31.6 Å². The van der Waals surface area contributed by atoms with Crippen molar-refractivity contribution in [3.8, 4) is 0 Å². The van der Waals surface area contributed by atoms with Crippen LogP contribution in [0.2, 0.25) is 0 Å². The predicted molar refractivity (Wildman–Crippen MR) is 112 cm³/mol. The average Bonchev–Trinajstić information content (AvgIpc) is 2.74. The molecule has 2 aromatic rings. The van der Waals surface area contributed by atoms with Crippen molar-refractivity contribution in [1.82, 2.24) is 9.80 Å². The van der Waals surface area contributed by atoms with Gasteiger partial charge < -0.3 is 10.0 Å². The van der Waals surface area contributed by atoms with Crippen LogP contribution < -0.4 is 0 Å². The molecule has 0 aliphatic carbocycles. The molecule has 2 unspecified atom stereocenters. The van der Waals surface area contributed by atoms with Gasteiger partial charge in [0, 0.05) is 19.0 Å². The van der Waals surface area contributed by atoms with Crippen LogP contribution in [0.4, 0.5) is 4.79 Å². The Bertz CT molecular complexity index is 851. The summed E-state index contributed by atoms with van der Waals surface area (Å²) in [4.78, 5) is 16.8. The standard InChI is InChI=1S/C23H26N2O2.ClH/c26-22(27)25-15-12-17-6-4-5-9-20(17)23(25,19-7-2-1-3-8-19)21-16-24-13-10-18(21)11-14-24;/h1-9,18,21H,10-16H2,(H,26,27);1H. The summed E-state index contributed by atoms with van der Waals surface area (Å²) >= 11 is 0. The minimum Gasteiger partial charge on any atom is -0.465 e. The first-order valence-corrected chi connectivity index (χ1v) is 10.1. The van der Waals surface area contributed by atoms with Gasteiger partial charge in [-0.15, -0.1) is 12.4 Å². The van der Waals surface area contributed by atoms with E-state index < -0.39 is 11.6 Å². The lowest BCUT2D eigenvalue weighted by atomic mass is 9.60. The van der Waals surface area contributed by atoms with Crippen molar-refractivity contribution in [2.45, 2.75) is 24.8 Å². The second-order valence-corrected chi connectivity index (χ2v) is 8.22. The van der Waals surface area contributed by atoms with Gasteiger partial charge in [-0.3, -0.25) is 4.90 Å². The first-order chi connectivity index (χ1) is 13.2. The van der Waals surface area contributed by atoms with Gasteiger partial charge in [-0.2, -0.15) is 0 Å². The quantitative estimate of drug-likeness (QED) is 0.823. The molecular formula is C23H27ClN2O2. The van der Waals surface area contributed by atoms with Crippen molar-refractivity contribution in [2.24, 2.45) is 11.8 Å². The Morgan fingerprint density at radius 2 is 1.64 bits per heavy atom. The summed E-state index contributed by atoms with van der Waals surface area (Å²) in [6.45, 7) is 3.85. The molecule has 1 N–H and O–H groups in total. The lowest BCUT2D eigenvalue weighted by Gasteiger charge is -2.58. The number of hydrogen-bond acceptors (Lipinski definition) is 2. The topological polar surface area (TPSA) is 43.8 Å². The first kappa shape index (κ1) is 19.3. The molecule has 6 rings (SSSR count). The zero-order valence-electron chi connectivity index (χ0n) is 16.0. The number of nitrogens with zero attached hydrogens (tertiary/aromatic N) is 2. The maximum Gasteiger partial charge on any atom is 0.408 e. The van der Waals surface area contributed by atoms with E-state index in [1.165, 1.54) is 24.0 Å². The fraction of sp³-hybridized carbons (Fsp3) is 0.435. The number of amides is 1. The van der Waals surface area contributed by atoms with E-state index in [4.69, 9.17) is 0 Å². The van der Waals surface area contributed by atoms with Crippen LogP contribution in [0, 0.1) is 11.8 Å². The highest BCUT2D eigenvalue weighted by molar-refractivity contribution is 5.85. The molecule has 3 saturated heterocycles. The van der Waals surface area contributed by atoms with Gasteiger partial charge in [0.05, 0.1) is 0 Å². The van der Waals surface area contributed by atoms with Gasteiger partial charge in [0.25, 0.3) is 0 Å². The molecule has 2 aromatic carbocycles. The summed E-state index contributed by atoms with van der Waals surface area (Å²) in [5, 5.41) is 10.3. The number of fused-ring (bicyclic) bond motifs is 4. The van der Waals surface area contributed by atoms with E-state index in [0.29, 0.717) is 18.4 Å². The minimum absolute atomic E-state index is 0. The Morgan fingerprint density at radius 3 is 2.29 bits per heavy atom. The molecule has 2 atom stereocenters. The number of benzene rings is 2. The van der Waals surface area contributed by atoms with Gasteiger partial charge in [0.2, 0.25) is 0 Å². The second kappa shape index (κ2) is 7.41. The van der Waals surface area contributed by atoms with Crippen molar-refractivity contribution in [3.63, 3.8) is 0 Å². The largest absolute Gasteiger partial charge is 0.465 e. The van der Waals surface area contributed by atoms with E-state index >= 15 is 0 Å². The predicted octanol–water partition coefficient (Wildman–Crippen LogP) is 4.23. The fourth-order valence-corrected chi connectivity index (χ4v) is 5.97. The molecule has 0 radical (unpaired) electrons. The first-order valence-electron chi connectivity index (χ1n) is 10.1. The highest BCUT2D eigenvalue weighted by Crippen LogP contribution is 2.52. The molecule has 4 aliphatic rings. The zero-order valence-corrected chi connectivity index (χ0v) is 16.8. The third-order valence-electron chi connectivity index (χ3n) is 7.10. The molecule has 0 saturated carbocycles. The smallest absolute Gasteiger partial charge is 0.408 e. The second-order valence-electron chi connectivity index (χ2n) is 8.22. The van der Waals surface area contributed by atoms with Crippen LogP contribution in [0.5, 0.6) is 0 Å². The Morgan fingerprint density at radius 1 is 0.964 bits per heavy atom. The summed E-state index contributed by atoms with van der Waals surface area (Å²) in [5.74, 6) is 0.864. The molecule has 0 aromatic heterocycles. The highest BCUT2D eigenvalue weighted by atomic mass is 35.5. The number of halogens is 1. The van der Waals surface area contributed by atoms with Crippen molar-refractivity contribution in [2.75, 3.05) is 26.2 Å². The van der Waals surface area contributed by atoms with Crippen molar-refractivity contribution in [3.05, 3.63) is 71.3 Å². The monoisotopic (exact) mass is 398 g/mol. The molecule has 4 aliphatic heterocycles. The summed E-state index contributed by atoms with van der Waals surface area (Å²) in [7, 11) is 0. The Labute approximate surface area is 172 Å². The molecule has 5 heteroatoms. The van der Waals surface area contributed by atoms with Gasteiger partial charge >= 0.3 is 6.09 Å². The van der Waals surface area contributed by atoms with Crippen molar-refractivity contribution < 1.29 is 9.90 Å². The van der Waals surface area contributed by atoms with Gasteiger partial charge in [-0.05, 0) is 55.0 Å². The summed E-state index contributed by atoms with van der Waals surface area (Å²) in [5.41, 5.74) is 3.03. The Kier molecular flexibility index (Phi) is 5.11. The number of carboxylic acid groups (broad SMARTS) is 1. The number of rotatable bonds is 2. The summed E-state index contributed by atoms with van der Waals surface area (Å²) < 4.78 is 0. The summed E-state index contributed by atoms with van der Waals surface area (Å²) in [6, 6.07) is 18.9. The van der Waals surface area contributed by atoms with Crippen LogP contribution in [0.1, 0.15) is 29.5 Å². The zero-order chi connectivity index (χ0) is 18.4. The van der Waals surface area contributed by atoms with Crippen LogP contribution in [0.25, 0.3) is 0 Å². The molecule has 2 bridgehead atoms. The SMILES string of the molecule is Cl.O=C(O)N1CCc2ccccc2C1(c1ccccc1)C1CN2CCC1CC2. The van der Waals surface area contributed by atoms with Gasteiger partial charge in [0.15, 0.2) is 0 Å². The van der Waals surface area contributed by atoms with Gasteiger partial charge in [-0.1, -0.05) is 54.6 Å². The van der Waals surface area contributed by atoms with E-state index in [2.05, 4.69) is 53.4 Å². The van der Waals surface area contributed by atoms with E-state index in [1.807, 2.05) is 6.07 Å². The summed E-state index contributed by atoms with van der Waals surface area (Å²) in [6.07, 6.45) is 2.34. The van der Waals surface area contributed by atoms with E-state index in [-0.39, 0.29) is 12.4 Å². The Hall–Kier alpha value is -2.04. The van der Waals surface area contributed by atoms with Crippen LogP contribution in [-0.2, 0) is 12.0 Å². The molecule has 1 amide bonds. The van der Waals surface area contributed by atoms with Crippen molar-refractivity contribution in [1.29, 1.82) is 0 Å². The fourth-order valence-electron chi connectivity index (χ4n) is 5.97. The number of carbonyl (C=O) groups is 1. The highest BCUT2D eigenvalue weighted by Gasteiger charge is 2.56. The van der Waals surface area contributed by atoms with Gasteiger partial charge in [0.1, 0.15) is 5.54 Å². The maximum atomic E-state index is 12.5. The number of piperidine rings is 3. The Balaban J connectivity index is 0.00000192. The van der Waals surface area contributed by atoms with Crippen LogP contribution in [-0.4, -0.2) is 47.2 Å². The number of hydrogen-bond donors (Lipinski definition) is 1. The molecule has 28 heavy (non-hydrogen) atoms. The van der Waals surface area contributed by atoms with Crippen LogP contribution >= 0.6 is 12.4 Å². The molecule has 4 heterocycles. The van der Waals surface area contributed by atoms with E-state index in [1.54, 1.807) is 4.90 Å². The van der Waals surface area contributed by atoms with Crippen LogP contribution in [0.3, 0.4) is 0 Å². The molecule has 148 valence electrons. The molecule has 0 spiro atoms. The van der Waals surface area contributed by atoms with Crippen LogP contribution in [0.15, 0.2) is 54.6 Å². The lowest BCUT2D eigenvalue weighted by Crippen LogP contribution is -2.64. The third-order valence-corrected chi connectivity index (χ3v) is 7.10. The maximum absolute atomic E-state index is 12.5. The molecule has 4 nitrogen and oxygen atoms in total.